The number of hydrogen-bond acceptors (Lipinski definition) is 3. The van der Waals surface area contributed by atoms with Gasteiger partial charge in [0.1, 0.15) is 0 Å². The van der Waals surface area contributed by atoms with E-state index in [0.29, 0.717) is 18.6 Å². The molecule has 1 aromatic heterocycles. The molecule has 2 atom stereocenters. The van der Waals surface area contributed by atoms with Gasteiger partial charge in [-0.2, -0.15) is 0 Å². The molecule has 0 radical (unpaired) electrons. The lowest BCUT2D eigenvalue weighted by Gasteiger charge is -2.13. The fourth-order valence-corrected chi connectivity index (χ4v) is 2.99. The van der Waals surface area contributed by atoms with Crippen LogP contribution in [0.25, 0.3) is 0 Å². The Balaban J connectivity index is 2.18. The molecule has 0 amide bonds. The van der Waals surface area contributed by atoms with Crippen molar-refractivity contribution in [2.45, 2.75) is 32.7 Å². The molecule has 92 valence electrons. The Morgan fingerprint density at radius 1 is 1.50 bits per heavy atom. The predicted molar refractivity (Wildman–Crippen MR) is 73.9 cm³/mol. The van der Waals surface area contributed by atoms with Gasteiger partial charge in [-0.1, -0.05) is 6.92 Å². The van der Waals surface area contributed by atoms with Crippen molar-refractivity contribution in [2.24, 2.45) is 5.92 Å². The van der Waals surface area contributed by atoms with Crippen LogP contribution in [-0.2, 0) is 0 Å². The molecule has 0 aliphatic rings. The van der Waals surface area contributed by atoms with E-state index >= 15 is 0 Å². The summed E-state index contributed by atoms with van der Waals surface area (Å²) in [4.78, 5) is 1.36. The van der Waals surface area contributed by atoms with Gasteiger partial charge in [0.2, 0.25) is 0 Å². The molecule has 0 bridgehead atoms. The number of nitrogens with one attached hydrogen (secondary N) is 1. The Hall–Kier alpha value is 0.1000. The largest absolute Gasteiger partial charge is 0.396 e. The molecule has 0 fully saturated rings. The van der Waals surface area contributed by atoms with Crippen LogP contribution in [0.1, 0.15) is 37.6 Å². The SMILES string of the molecule is CC(CO)CCCNC(C)c1cc(Br)cs1. The zero-order valence-corrected chi connectivity index (χ0v) is 12.3. The maximum Gasteiger partial charge on any atom is 0.0456 e. The molecule has 0 aliphatic heterocycles. The quantitative estimate of drug-likeness (QED) is 0.755. The van der Waals surface area contributed by atoms with Crippen molar-refractivity contribution in [1.82, 2.24) is 5.32 Å². The lowest BCUT2D eigenvalue weighted by molar-refractivity contribution is 0.227. The van der Waals surface area contributed by atoms with Gasteiger partial charge in [-0.05, 0) is 54.2 Å². The van der Waals surface area contributed by atoms with Crippen molar-refractivity contribution in [3.63, 3.8) is 0 Å². The van der Waals surface area contributed by atoms with Gasteiger partial charge < -0.3 is 10.4 Å². The maximum absolute atomic E-state index is 8.90. The topological polar surface area (TPSA) is 32.3 Å². The highest BCUT2D eigenvalue weighted by Crippen LogP contribution is 2.25. The van der Waals surface area contributed by atoms with E-state index in [0.717, 1.165) is 23.9 Å². The second-order valence-corrected chi connectivity index (χ2v) is 6.13. The van der Waals surface area contributed by atoms with Gasteiger partial charge in [-0.15, -0.1) is 11.3 Å². The average Bonchev–Trinajstić information content (AvgIpc) is 2.70. The van der Waals surface area contributed by atoms with Crippen molar-refractivity contribution in [1.29, 1.82) is 0 Å². The smallest absolute Gasteiger partial charge is 0.0456 e. The van der Waals surface area contributed by atoms with Crippen LogP contribution >= 0.6 is 27.3 Å². The molecule has 1 heterocycles. The van der Waals surface area contributed by atoms with Gasteiger partial charge in [0.25, 0.3) is 0 Å². The number of halogens is 1. The minimum atomic E-state index is 0.299. The highest BCUT2D eigenvalue weighted by molar-refractivity contribution is 9.10. The van der Waals surface area contributed by atoms with Gasteiger partial charge in [-0.3, -0.25) is 0 Å². The molecule has 2 N–H and O–H groups in total. The summed E-state index contributed by atoms with van der Waals surface area (Å²) in [5, 5.41) is 14.5. The summed E-state index contributed by atoms with van der Waals surface area (Å²) in [6.45, 7) is 5.59. The minimum Gasteiger partial charge on any atom is -0.396 e. The standard InChI is InChI=1S/C12H20BrNOS/c1-9(7-15)4-3-5-14-10(2)12-6-11(13)8-16-12/h6,8-10,14-15H,3-5,7H2,1-2H3. The van der Waals surface area contributed by atoms with E-state index in [1.54, 1.807) is 11.3 Å². The number of rotatable bonds is 7. The molecule has 2 unspecified atom stereocenters. The fraction of sp³-hybridized carbons (Fsp3) is 0.667. The second-order valence-electron chi connectivity index (χ2n) is 4.27. The fourth-order valence-electron chi connectivity index (χ4n) is 1.52. The van der Waals surface area contributed by atoms with Gasteiger partial charge in [0.05, 0.1) is 0 Å². The van der Waals surface area contributed by atoms with Crippen LogP contribution in [0.3, 0.4) is 0 Å². The van der Waals surface area contributed by atoms with Crippen LogP contribution in [0.15, 0.2) is 15.9 Å². The van der Waals surface area contributed by atoms with E-state index in [1.807, 2.05) is 0 Å². The molecule has 1 aromatic rings. The lowest BCUT2D eigenvalue weighted by Crippen LogP contribution is -2.19. The molecule has 4 heteroatoms. The predicted octanol–water partition coefficient (Wildman–Crippen LogP) is 3.57. The number of thiophene rings is 1. The Morgan fingerprint density at radius 2 is 2.25 bits per heavy atom. The first-order chi connectivity index (χ1) is 7.63. The van der Waals surface area contributed by atoms with E-state index in [2.05, 4.69) is 46.5 Å². The van der Waals surface area contributed by atoms with Crippen LogP contribution in [0.2, 0.25) is 0 Å². The average molecular weight is 306 g/mol. The van der Waals surface area contributed by atoms with Crippen LogP contribution < -0.4 is 5.32 Å². The van der Waals surface area contributed by atoms with Crippen molar-refractivity contribution in [3.05, 3.63) is 20.8 Å². The summed E-state index contributed by atoms with van der Waals surface area (Å²) in [5.41, 5.74) is 0. The van der Waals surface area contributed by atoms with Crippen LogP contribution in [0.4, 0.5) is 0 Å². The molecule has 0 aliphatic carbocycles. The van der Waals surface area contributed by atoms with Crippen LogP contribution in [0, 0.1) is 5.92 Å². The highest BCUT2D eigenvalue weighted by Gasteiger charge is 2.07. The van der Waals surface area contributed by atoms with E-state index in [9.17, 15) is 0 Å². The van der Waals surface area contributed by atoms with Gasteiger partial charge >= 0.3 is 0 Å². The molecule has 16 heavy (non-hydrogen) atoms. The molecule has 0 aromatic carbocycles. The Kier molecular flexibility index (Phi) is 6.58. The number of aliphatic hydroxyl groups excluding tert-OH is 1. The Labute approximate surface area is 110 Å². The number of aliphatic hydroxyl groups is 1. The normalized spacial score (nSPS) is 15.0. The van der Waals surface area contributed by atoms with Gasteiger partial charge in [0.15, 0.2) is 0 Å². The lowest BCUT2D eigenvalue weighted by atomic mass is 10.1. The molecule has 0 saturated heterocycles. The first-order valence-electron chi connectivity index (χ1n) is 5.71. The number of hydrogen-bond donors (Lipinski definition) is 2. The van der Waals surface area contributed by atoms with Gasteiger partial charge in [-0.25, -0.2) is 0 Å². The van der Waals surface area contributed by atoms with E-state index < -0.39 is 0 Å². The van der Waals surface area contributed by atoms with E-state index in [-0.39, 0.29) is 0 Å². The Morgan fingerprint density at radius 3 is 2.81 bits per heavy atom. The molecular weight excluding hydrogens is 286 g/mol. The second kappa shape index (κ2) is 7.43. The summed E-state index contributed by atoms with van der Waals surface area (Å²) in [5.74, 6) is 0.424. The summed E-state index contributed by atoms with van der Waals surface area (Å²) < 4.78 is 1.16. The van der Waals surface area contributed by atoms with E-state index in [1.165, 1.54) is 4.88 Å². The zero-order valence-electron chi connectivity index (χ0n) is 9.87. The molecule has 0 saturated carbocycles. The third-order valence-corrected chi connectivity index (χ3v) is 4.53. The molecule has 1 rings (SSSR count). The molecule has 2 nitrogen and oxygen atoms in total. The summed E-state index contributed by atoms with van der Waals surface area (Å²) in [7, 11) is 0. The minimum absolute atomic E-state index is 0.299. The van der Waals surface area contributed by atoms with Crippen LogP contribution in [0.5, 0.6) is 0 Å². The zero-order chi connectivity index (χ0) is 12.0. The first kappa shape index (κ1) is 14.2. The summed E-state index contributed by atoms with van der Waals surface area (Å²) in [6.07, 6.45) is 2.21. The third-order valence-electron chi connectivity index (χ3n) is 2.65. The van der Waals surface area contributed by atoms with Gasteiger partial charge in [0, 0.05) is 27.4 Å². The van der Waals surface area contributed by atoms with Crippen molar-refractivity contribution in [2.75, 3.05) is 13.2 Å². The van der Waals surface area contributed by atoms with Crippen molar-refractivity contribution < 1.29 is 5.11 Å². The van der Waals surface area contributed by atoms with Crippen LogP contribution in [-0.4, -0.2) is 18.3 Å². The van der Waals surface area contributed by atoms with E-state index in [4.69, 9.17) is 5.11 Å². The first-order valence-corrected chi connectivity index (χ1v) is 7.39. The monoisotopic (exact) mass is 305 g/mol. The third kappa shape index (κ3) is 4.95. The highest BCUT2D eigenvalue weighted by atomic mass is 79.9. The summed E-state index contributed by atoms with van der Waals surface area (Å²) >= 11 is 5.24. The maximum atomic E-state index is 8.90. The summed E-state index contributed by atoms with van der Waals surface area (Å²) in [6, 6.07) is 2.58. The molecular formula is C12H20BrNOS. The Bertz CT molecular complexity index is 303. The van der Waals surface area contributed by atoms with Crippen molar-refractivity contribution in [3.8, 4) is 0 Å². The van der Waals surface area contributed by atoms with Crippen molar-refractivity contribution >= 4 is 27.3 Å². The molecule has 0 spiro atoms.